The highest BCUT2D eigenvalue weighted by atomic mass is 32.2. The van der Waals surface area contributed by atoms with Crippen molar-refractivity contribution in [1.82, 2.24) is 5.32 Å². The summed E-state index contributed by atoms with van der Waals surface area (Å²) in [4.78, 5) is 11.1. The Bertz CT molecular complexity index is 285. The zero-order valence-electron chi connectivity index (χ0n) is 10.6. The lowest BCUT2D eigenvalue weighted by Crippen LogP contribution is -2.44. The van der Waals surface area contributed by atoms with Crippen LogP contribution in [0, 0.1) is 5.92 Å². The van der Waals surface area contributed by atoms with Gasteiger partial charge in [0.1, 0.15) is 6.04 Å². The average Bonchev–Trinajstić information content (AvgIpc) is 2.61. The molecule has 0 amide bonds. The molecule has 1 aliphatic heterocycles. The fraction of sp³-hybridized carbons (Fsp3) is 0.923. The molecular formula is C13H23NO2S. The molecule has 2 unspecified atom stereocenters. The normalized spacial score (nSPS) is 38.2. The summed E-state index contributed by atoms with van der Waals surface area (Å²) >= 11 is 1.84. The molecule has 0 aromatic carbocycles. The topological polar surface area (TPSA) is 49.3 Å². The summed E-state index contributed by atoms with van der Waals surface area (Å²) < 4.78 is 0. The largest absolute Gasteiger partial charge is 0.480 e. The highest BCUT2D eigenvalue weighted by molar-refractivity contribution is 8.00. The van der Waals surface area contributed by atoms with E-state index in [-0.39, 0.29) is 10.9 Å². The Morgan fingerprint density at radius 1 is 1.47 bits per heavy atom. The summed E-state index contributed by atoms with van der Waals surface area (Å²) in [7, 11) is 0. The Morgan fingerprint density at radius 2 is 2.29 bits per heavy atom. The van der Waals surface area contributed by atoms with E-state index in [1.807, 2.05) is 11.8 Å². The van der Waals surface area contributed by atoms with Gasteiger partial charge < -0.3 is 5.11 Å². The summed E-state index contributed by atoms with van der Waals surface area (Å²) in [6, 6.07) is -0.331. The molecular weight excluding hydrogens is 234 g/mol. The zero-order chi connectivity index (χ0) is 12.3. The summed E-state index contributed by atoms with van der Waals surface area (Å²) in [6.45, 7) is 2.25. The minimum atomic E-state index is -0.691. The summed E-state index contributed by atoms with van der Waals surface area (Å²) in [5, 5.41) is 12.4. The minimum absolute atomic E-state index is 0.0749. The first-order valence-electron chi connectivity index (χ1n) is 6.80. The van der Waals surface area contributed by atoms with Crippen LogP contribution in [-0.4, -0.2) is 27.7 Å². The molecule has 0 aromatic heterocycles. The van der Waals surface area contributed by atoms with Crippen LogP contribution in [-0.2, 0) is 4.79 Å². The van der Waals surface area contributed by atoms with E-state index >= 15 is 0 Å². The van der Waals surface area contributed by atoms with Crippen molar-refractivity contribution in [3.63, 3.8) is 0 Å². The number of hydrogen-bond donors (Lipinski definition) is 2. The number of hydrogen-bond acceptors (Lipinski definition) is 3. The van der Waals surface area contributed by atoms with E-state index < -0.39 is 5.97 Å². The molecule has 0 radical (unpaired) electrons. The van der Waals surface area contributed by atoms with Gasteiger partial charge in [-0.3, -0.25) is 10.1 Å². The molecule has 1 aliphatic carbocycles. The Labute approximate surface area is 108 Å². The third-order valence-electron chi connectivity index (χ3n) is 4.11. The number of thioether (sulfide) groups is 1. The van der Waals surface area contributed by atoms with Crippen molar-refractivity contribution >= 4 is 17.7 Å². The van der Waals surface area contributed by atoms with Crippen LogP contribution in [0.1, 0.15) is 51.9 Å². The molecule has 2 aliphatic rings. The molecule has 1 heterocycles. The molecule has 2 rings (SSSR count). The van der Waals surface area contributed by atoms with Crippen molar-refractivity contribution in [2.45, 2.75) is 62.8 Å². The Morgan fingerprint density at radius 3 is 2.94 bits per heavy atom. The van der Waals surface area contributed by atoms with Crippen molar-refractivity contribution in [3.05, 3.63) is 0 Å². The molecule has 2 N–H and O–H groups in total. The first kappa shape index (κ1) is 13.2. The quantitative estimate of drug-likeness (QED) is 0.816. The monoisotopic (exact) mass is 257 g/mol. The summed E-state index contributed by atoms with van der Waals surface area (Å²) in [5.74, 6) is 0.905. The smallest absolute Gasteiger partial charge is 0.321 e. The molecule has 4 heteroatoms. The lowest BCUT2D eigenvalue weighted by molar-refractivity contribution is -0.138. The van der Waals surface area contributed by atoms with Gasteiger partial charge in [-0.25, -0.2) is 0 Å². The molecule has 17 heavy (non-hydrogen) atoms. The molecule has 98 valence electrons. The third kappa shape index (κ3) is 3.16. The number of carbonyl (C=O) groups is 1. The van der Waals surface area contributed by atoms with Crippen molar-refractivity contribution in [2.75, 3.05) is 5.75 Å². The van der Waals surface area contributed by atoms with Crippen LogP contribution < -0.4 is 5.32 Å². The van der Waals surface area contributed by atoms with Gasteiger partial charge in [-0.1, -0.05) is 32.6 Å². The van der Waals surface area contributed by atoms with E-state index in [1.54, 1.807) is 0 Å². The highest BCUT2D eigenvalue weighted by Crippen LogP contribution is 2.43. The maximum Gasteiger partial charge on any atom is 0.321 e. The molecule has 1 saturated heterocycles. The van der Waals surface area contributed by atoms with Gasteiger partial charge in [0.25, 0.3) is 0 Å². The predicted octanol–water partition coefficient (Wildman–Crippen LogP) is 2.85. The maximum atomic E-state index is 11.0. The Balaban J connectivity index is 1.92. The highest BCUT2D eigenvalue weighted by Gasteiger charge is 2.42. The lowest BCUT2D eigenvalue weighted by Gasteiger charge is -2.27. The fourth-order valence-corrected chi connectivity index (χ4v) is 4.63. The van der Waals surface area contributed by atoms with Crippen molar-refractivity contribution in [2.24, 2.45) is 5.92 Å². The summed E-state index contributed by atoms with van der Waals surface area (Å²) in [5.41, 5.74) is 0. The lowest BCUT2D eigenvalue weighted by atomic mass is 9.95. The van der Waals surface area contributed by atoms with Crippen LogP contribution in [0.5, 0.6) is 0 Å². The van der Waals surface area contributed by atoms with E-state index in [2.05, 4.69) is 12.2 Å². The Hall–Kier alpha value is -0.220. The fourth-order valence-electron chi connectivity index (χ4n) is 3.15. The molecule has 3 atom stereocenters. The van der Waals surface area contributed by atoms with Gasteiger partial charge >= 0.3 is 5.97 Å². The van der Waals surface area contributed by atoms with Crippen molar-refractivity contribution in [3.8, 4) is 0 Å². The number of rotatable bonds is 3. The van der Waals surface area contributed by atoms with E-state index in [9.17, 15) is 4.79 Å². The number of carboxylic acid groups (broad SMARTS) is 1. The standard InChI is InChI=1S/C13H23NO2S/c1-2-4-10-5-3-7-13(8-6-10)14-11(9-17-13)12(15)16/h10-11,14H,2-9H2,1H3,(H,15,16)/t10?,11-,13?/m0/s1. The second-order valence-electron chi connectivity index (χ2n) is 5.43. The van der Waals surface area contributed by atoms with E-state index in [1.165, 1.54) is 32.1 Å². The second kappa shape index (κ2) is 5.61. The van der Waals surface area contributed by atoms with Gasteiger partial charge in [-0.2, -0.15) is 0 Å². The SMILES string of the molecule is CCCC1CCCC2(CC1)N[C@H](C(=O)O)CS2. The van der Waals surface area contributed by atoms with Crippen LogP contribution in [0.25, 0.3) is 0 Å². The van der Waals surface area contributed by atoms with Crippen molar-refractivity contribution < 1.29 is 9.90 Å². The first-order valence-corrected chi connectivity index (χ1v) is 7.78. The first-order chi connectivity index (χ1) is 8.15. The van der Waals surface area contributed by atoms with Gasteiger partial charge in [0.05, 0.1) is 4.87 Å². The number of aliphatic carboxylic acids is 1. The molecule has 0 bridgehead atoms. The molecule has 1 spiro atoms. The predicted molar refractivity (Wildman–Crippen MR) is 71.2 cm³/mol. The number of nitrogens with one attached hydrogen (secondary N) is 1. The van der Waals surface area contributed by atoms with Crippen molar-refractivity contribution in [1.29, 1.82) is 0 Å². The van der Waals surface area contributed by atoms with Crippen LogP contribution in [0.4, 0.5) is 0 Å². The van der Waals surface area contributed by atoms with E-state index in [4.69, 9.17) is 5.11 Å². The van der Waals surface area contributed by atoms with Gasteiger partial charge in [-0.15, -0.1) is 11.8 Å². The van der Waals surface area contributed by atoms with Crippen LogP contribution in [0.3, 0.4) is 0 Å². The molecule has 0 aromatic rings. The third-order valence-corrected chi connectivity index (χ3v) is 5.69. The Kier molecular flexibility index (Phi) is 4.36. The average molecular weight is 257 g/mol. The minimum Gasteiger partial charge on any atom is -0.480 e. The van der Waals surface area contributed by atoms with Gasteiger partial charge in [0.2, 0.25) is 0 Å². The number of carboxylic acids is 1. The maximum absolute atomic E-state index is 11.0. The second-order valence-corrected chi connectivity index (χ2v) is 6.83. The van der Waals surface area contributed by atoms with E-state index in [0.717, 1.165) is 24.5 Å². The zero-order valence-corrected chi connectivity index (χ0v) is 11.4. The molecule has 3 nitrogen and oxygen atoms in total. The van der Waals surface area contributed by atoms with E-state index in [0.29, 0.717) is 0 Å². The molecule has 2 fully saturated rings. The van der Waals surface area contributed by atoms with Gasteiger partial charge in [-0.05, 0) is 25.2 Å². The van der Waals surface area contributed by atoms with Crippen LogP contribution in [0.2, 0.25) is 0 Å². The summed E-state index contributed by atoms with van der Waals surface area (Å²) in [6.07, 6.45) is 8.74. The molecule has 1 saturated carbocycles. The van der Waals surface area contributed by atoms with Gasteiger partial charge in [0.15, 0.2) is 0 Å². The van der Waals surface area contributed by atoms with Gasteiger partial charge in [0, 0.05) is 5.75 Å². The van der Waals surface area contributed by atoms with Crippen LogP contribution >= 0.6 is 11.8 Å². The van der Waals surface area contributed by atoms with Crippen LogP contribution in [0.15, 0.2) is 0 Å².